The molecule has 0 saturated heterocycles. The van der Waals surface area contributed by atoms with Crippen LogP contribution in [0.5, 0.6) is 0 Å². The maximum Gasteiger partial charge on any atom is 0.339 e. The lowest BCUT2D eigenvalue weighted by Gasteiger charge is -2.50. The topological polar surface area (TPSA) is 58.6 Å². The lowest BCUT2D eigenvalue weighted by Crippen LogP contribution is -2.57. The van der Waals surface area contributed by atoms with Crippen LogP contribution in [0.2, 0.25) is 0 Å². The molecule has 0 bridgehead atoms. The Kier molecular flexibility index (Phi) is 3.30. The van der Waals surface area contributed by atoms with Crippen molar-refractivity contribution in [2.24, 2.45) is 5.41 Å². The number of hydrogen-bond donors (Lipinski definition) is 2. The molecule has 1 aromatic carbocycles. The molecule has 2 atom stereocenters. The molecule has 0 radical (unpaired) electrons. The van der Waals surface area contributed by atoms with Crippen LogP contribution < -0.4 is 5.32 Å². The van der Waals surface area contributed by atoms with E-state index in [0.29, 0.717) is 12.0 Å². The average molecular weight is 249 g/mol. The van der Waals surface area contributed by atoms with Gasteiger partial charge in [0.15, 0.2) is 0 Å². The van der Waals surface area contributed by atoms with E-state index in [0.717, 1.165) is 5.69 Å². The van der Waals surface area contributed by atoms with Gasteiger partial charge < -0.3 is 15.2 Å². The number of carbonyl (C=O) groups is 1. The number of anilines is 1. The molecule has 1 fully saturated rings. The van der Waals surface area contributed by atoms with Crippen LogP contribution in [0.15, 0.2) is 24.3 Å². The first-order valence-corrected chi connectivity index (χ1v) is 6.08. The number of benzene rings is 1. The third-order valence-corrected chi connectivity index (χ3v) is 3.88. The Morgan fingerprint density at radius 1 is 1.44 bits per heavy atom. The van der Waals surface area contributed by atoms with E-state index in [-0.39, 0.29) is 23.5 Å². The van der Waals surface area contributed by atoms with Gasteiger partial charge in [-0.25, -0.2) is 4.79 Å². The van der Waals surface area contributed by atoms with E-state index in [1.807, 2.05) is 26.0 Å². The minimum Gasteiger partial charge on any atom is -0.465 e. The summed E-state index contributed by atoms with van der Waals surface area (Å²) in [6.07, 6.45) is 0.406. The lowest BCUT2D eigenvalue weighted by molar-refractivity contribution is -0.0510. The second kappa shape index (κ2) is 4.61. The predicted octanol–water partition coefficient (Wildman–Crippen LogP) is 2.04. The van der Waals surface area contributed by atoms with E-state index in [1.165, 1.54) is 7.11 Å². The highest BCUT2D eigenvalue weighted by Crippen LogP contribution is 2.42. The van der Waals surface area contributed by atoms with E-state index >= 15 is 0 Å². The van der Waals surface area contributed by atoms with Gasteiger partial charge in [0.2, 0.25) is 0 Å². The number of para-hydroxylation sites is 1. The van der Waals surface area contributed by atoms with Crippen LogP contribution in [-0.4, -0.2) is 30.3 Å². The molecule has 1 aliphatic rings. The highest BCUT2D eigenvalue weighted by molar-refractivity contribution is 5.95. The number of rotatable bonds is 3. The Morgan fingerprint density at radius 3 is 2.67 bits per heavy atom. The minimum atomic E-state index is -0.351. The molecule has 1 saturated carbocycles. The van der Waals surface area contributed by atoms with Gasteiger partial charge in [-0.3, -0.25) is 0 Å². The van der Waals surface area contributed by atoms with Crippen molar-refractivity contribution in [3.05, 3.63) is 29.8 Å². The molecule has 2 unspecified atom stereocenters. The Morgan fingerprint density at radius 2 is 2.11 bits per heavy atom. The zero-order valence-electron chi connectivity index (χ0n) is 10.9. The third kappa shape index (κ3) is 2.08. The molecule has 0 amide bonds. The molecular formula is C14H19NO3. The number of methoxy groups -OCH3 is 1. The highest BCUT2D eigenvalue weighted by atomic mass is 16.5. The summed E-state index contributed by atoms with van der Waals surface area (Å²) in [6, 6.07) is 7.43. The number of aliphatic hydroxyl groups excluding tert-OH is 1. The lowest BCUT2D eigenvalue weighted by atomic mass is 9.64. The van der Waals surface area contributed by atoms with Crippen molar-refractivity contribution >= 4 is 11.7 Å². The summed E-state index contributed by atoms with van der Waals surface area (Å²) in [6.45, 7) is 4.03. The van der Waals surface area contributed by atoms with Crippen LogP contribution in [0.25, 0.3) is 0 Å². The fourth-order valence-electron chi connectivity index (χ4n) is 2.23. The molecule has 0 heterocycles. The molecule has 1 aromatic rings. The SMILES string of the molecule is COC(=O)c1ccccc1NC1CC(O)C1(C)C. The molecular weight excluding hydrogens is 230 g/mol. The summed E-state index contributed by atoms with van der Waals surface area (Å²) in [5.74, 6) is -0.351. The van der Waals surface area contributed by atoms with Crippen LogP contribution in [0.1, 0.15) is 30.6 Å². The first-order chi connectivity index (χ1) is 8.46. The van der Waals surface area contributed by atoms with Gasteiger partial charge in [0.05, 0.1) is 18.8 Å². The van der Waals surface area contributed by atoms with Crippen molar-refractivity contribution in [1.82, 2.24) is 0 Å². The number of hydrogen-bond acceptors (Lipinski definition) is 4. The van der Waals surface area contributed by atoms with Crippen molar-refractivity contribution in [3.63, 3.8) is 0 Å². The molecule has 18 heavy (non-hydrogen) atoms. The monoisotopic (exact) mass is 249 g/mol. The first kappa shape index (κ1) is 12.9. The van der Waals surface area contributed by atoms with Gasteiger partial charge in [0.25, 0.3) is 0 Å². The quantitative estimate of drug-likeness (QED) is 0.805. The van der Waals surface area contributed by atoms with Crippen LogP contribution in [0, 0.1) is 5.41 Å². The minimum absolute atomic E-state index is 0.165. The largest absolute Gasteiger partial charge is 0.465 e. The fraction of sp³-hybridized carbons (Fsp3) is 0.500. The molecule has 2 N–H and O–H groups in total. The van der Waals surface area contributed by atoms with Gasteiger partial charge in [0, 0.05) is 17.1 Å². The molecule has 0 aliphatic heterocycles. The number of ether oxygens (including phenoxy) is 1. The van der Waals surface area contributed by atoms with Gasteiger partial charge in [-0.15, -0.1) is 0 Å². The second-order valence-electron chi connectivity index (χ2n) is 5.31. The van der Waals surface area contributed by atoms with E-state index in [9.17, 15) is 9.90 Å². The smallest absolute Gasteiger partial charge is 0.339 e. The summed E-state index contributed by atoms with van der Waals surface area (Å²) in [4.78, 5) is 11.6. The van der Waals surface area contributed by atoms with Gasteiger partial charge in [-0.05, 0) is 18.6 Å². The van der Waals surface area contributed by atoms with Gasteiger partial charge in [-0.1, -0.05) is 26.0 Å². The van der Waals surface area contributed by atoms with E-state index < -0.39 is 0 Å². The number of carbonyl (C=O) groups excluding carboxylic acids is 1. The van der Waals surface area contributed by atoms with Crippen molar-refractivity contribution in [1.29, 1.82) is 0 Å². The average Bonchev–Trinajstić information content (AvgIpc) is 2.38. The van der Waals surface area contributed by atoms with Crippen LogP contribution in [0.3, 0.4) is 0 Å². The number of esters is 1. The van der Waals surface area contributed by atoms with E-state index in [1.54, 1.807) is 12.1 Å². The van der Waals surface area contributed by atoms with Gasteiger partial charge in [0.1, 0.15) is 0 Å². The summed E-state index contributed by atoms with van der Waals surface area (Å²) >= 11 is 0. The number of nitrogens with one attached hydrogen (secondary N) is 1. The summed E-state index contributed by atoms with van der Waals surface area (Å²) in [5, 5.41) is 13.0. The van der Waals surface area contributed by atoms with Crippen LogP contribution >= 0.6 is 0 Å². The fourth-order valence-corrected chi connectivity index (χ4v) is 2.23. The zero-order chi connectivity index (χ0) is 13.3. The summed E-state index contributed by atoms with van der Waals surface area (Å²) in [5.41, 5.74) is 1.11. The summed E-state index contributed by atoms with van der Waals surface area (Å²) < 4.78 is 4.75. The standard InChI is InChI=1S/C14H19NO3/c1-14(2)11(8-12(14)16)15-10-7-5-4-6-9(10)13(17)18-3/h4-7,11-12,15-16H,8H2,1-3H3. The highest BCUT2D eigenvalue weighted by Gasteiger charge is 2.47. The van der Waals surface area contributed by atoms with Crippen LogP contribution in [-0.2, 0) is 4.74 Å². The molecule has 98 valence electrons. The van der Waals surface area contributed by atoms with E-state index in [2.05, 4.69) is 5.32 Å². The first-order valence-electron chi connectivity index (χ1n) is 6.08. The third-order valence-electron chi connectivity index (χ3n) is 3.88. The molecule has 4 nitrogen and oxygen atoms in total. The Hall–Kier alpha value is -1.55. The second-order valence-corrected chi connectivity index (χ2v) is 5.31. The maximum atomic E-state index is 11.6. The maximum absolute atomic E-state index is 11.6. The molecule has 4 heteroatoms. The Bertz CT molecular complexity index is 456. The molecule has 2 rings (SSSR count). The molecule has 0 aromatic heterocycles. The van der Waals surface area contributed by atoms with Crippen molar-refractivity contribution in [2.45, 2.75) is 32.4 Å². The molecule has 1 aliphatic carbocycles. The van der Waals surface area contributed by atoms with E-state index in [4.69, 9.17) is 4.74 Å². The van der Waals surface area contributed by atoms with Gasteiger partial charge in [-0.2, -0.15) is 0 Å². The van der Waals surface area contributed by atoms with Crippen LogP contribution in [0.4, 0.5) is 5.69 Å². The Balaban J connectivity index is 2.18. The van der Waals surface area contributed by atoms with Crippen molar-refractivity contribution < 1.29 is 14.6 Å². The number of aliphatic hydroxyl groups is 1. The Labute approximate surface area is 107 Å². The normalized spacial score (nSPS) is 25.1. The van der Waals surface area contributed by atoms with Crippen molar-refractivity contribution in [3.8, 4) is 0 Å². The zero-order valence-corrected chi connectivity index (χ0v) is 10.9. The predicted molar refractivity (Wildman–Crippen MR) is 69.6 cm³/mol. The molecule has 0 spiro atoms. The van der Waals surface area contributed by atoms with Crippen molar-refractivity contribution in [2.75, 3.05) is 12.4 Å². The summed E-state index contributed by atoms with van der Waals surface area (Å²) in [7, 11) is 1.37. The van der Waals surface area contributed by atoms with Gasteiger partial charge >= 0.3 is 5.97 Å².